The van der Waals surface area contributed by atoms with Crippen molar-refractivity contribution in [3.8, 4) is 11.5 Å². The molecule has 212 valence electrons. The summed E-state index contributed by atoms with van der Waals surface area (Å²) in [6.45, 7) is 0.751. The number of nitrogens with one attached hydrogen (secondary N) is 2. The Bertz CT molecular complexity index is 1460. The summed E-state index contributed by atoms with van der Waals surface area (Å²) >= 11 is 5.90. The van der Waals surface area contributed by atoms with Crippen molar-refractivity contribution >= 4 is 39.1 Å². The third-order valence-corrected chi connectivity index (χ3v) is 8.91. The van der Waals surface area contributed by atoms with Crippen LogP contribution in [0.1, 0.15) is 28.8 Å². The second-order valence-corrected chi connectivity index (χ2v) is 11.8. The SMILES string of the molecule is COc1ccc(CCNC(=O)c2ccccc2NC(=O)C2CCCN(S(=O)(=O)c3ccc(Cl)cc3)C2)cc1OC. The van der Waals surface area contributed by atoms with Gasteiger partial charge in [-0.2, -0.15) is 4.31 Å². The van der Waals surface area contributed by atoms with Crippen molar-refractivity contribution in [2.24, 2.45) is 5.92 Å². The van der Waals surface area contributed by atoms with E-state index in [1.54, 1.807) is 38.5 Å². The molecule has 4 rings (SSSR count). The number of piperidine rings is 1. The van der Waals surface area contributed by atoms with Gasteiger partial charge in [0.2, 0.25) is 15.9 Å². The number of para-hydroxylation sites is 1. The molecule has 2 amide bonds. The van der Waals surface area contributed by atoms with Crippen LogP contribution in [-0.2, 0) is 21.2 Å². The molecule has 2 N–H and O–H groups in total. The van der Waals surface area contributed by atoms with Gasteiger partial charge in [0.25, 0.3) is 5.91 Å². The Morgan fingerprint density at radius 1 is 1.00 bits per heavy atom. The fourth-order valence-corrected chi connectivity index (χ4v) is 6.26. The molecule has 1 fully saturated rings. The van der Waals surface area contributed by atoms with Crippen LogP contribution in [0.4, 0.5) is 5.69 Å². The van der Waals surface area contributed by atoms with E-state index < -0.39 is 15.9 Å². The minimum Gasteiger partial charge on any atom is -0.493 e. The number of nitrogens with zero attached hydrogens (tertiary/aromatic N) is 1. The minimum absolute atomic E-state index is 0.0521. The standard InChI is InChI=1S/C29H32ClN3O6S/c1-38-26-14-9-20(18-27(26)39-2)15-16-31-29(35)24-7-3-4-8-25(24)32-28(34)21-6-5-17-33(19-21)40(36,37)23-12-10-22(30)11-13-23/h3-4,7-14,18,21H,5-6,15-17,19H2,1-2H3,(H,31,35)(H,32,34). The van der Waals surface area contributed by atoms with Crippen LogP contribution in [0.5, 0.6) is 11.5 Å². The molecule has 1 heterocycles. The molecule has 1 atom stereocenters. The van der Waals surface area contributed by atoms with Gasteiger partial charge in [0, 0.05) is 24.7 Å². The van der Waals surface area contributed by atoms with Crippen LogP contribution in [0.15, 0.2) is 71.6 Å². The number of carbonyl (C=O) groups is 2. The lowest BCUT2D eigenvalue weighted by atomic mass is 9.98. The summed E-state index contributed by atoms with van der Waals surface area (Å²) in [6.07, 6.45) is 1.65. The number of benzene rings is 3. The third-order valence-electron chi connectivity index (χ3n) is 6.78. The summed E-state index contributed by atoms with van der Waals surface area (Å²) in [5.41, 5.74) is 1.66. The van der Waals surface area contributed by atoms with Crippen LogP contribution in [0.25, 0.3) is 0 Å². The largest absolute Gasteiger partial charge is 0.493 e. The summed E-state index contributed by atoms with van der Waals surface area (Å²) in [4.78, 5) is 26.3. The van der Waals surface area contributed by atoms with E-state index in [4.69, 9.17) is 21.1 Å². The molecule has 1 unspecified atom stereocenters. The van der Waals surface area contributed by atoms with Crippen molar-refractivity contribution in [2.45, 2.75) is 24.2 Å². The second kappa shape index (κ2) is 13.2. The monoisotopic (exact) mass is 585 g/mol. The molecule has 3 aromatic rings. The molecule has 40 heavy (non-hydrogen) atoms. The van der Waals surface area contributed by atoms with Gasteiger partial charge in [0.05, 0.1) is 36.3 Å². The lowest BCUT2D eigenvalue weighted by Gasteiger charge is -2.31. The Balaban J connectivity index is 1.38. The van der Waals surface area contributed by atoms with Crippen molar-refractivity contribution in [3.05, 3.63) is 82.9 Å². The Hall–Kier alpha value is -3.60. The molecular formula is C29H32ClN3O6S. The highest BCUT2D eigenvalue weighted by Gasteiger charge is 2.33. The lowest BCUT2D eigenvalue weighted by molar-refractivity contribution is -0.120. The van der Waals surface area contributed by atoms with Crippen LogP contribution < -0.4 is 20.1 Å². The fraction of sp³-hybridized carbons (Fsp3) is 0.310. The highest BCUT2D eigenvalue weighted by molar-refractivity contribution is 7.89. The highest BCUT2D eigenvalue weighted by Crippen LogP contribution is 2.28. The molecule has 1 aliphatic heterocycles. The number of anilines is 1. The molecule has 3 aromatic carbocycles. The molecule has 0 spiro atoms. The summed E-state index contributed by atoms with van der Waals surface area (Å²) in [5.74, 6) is 0.0239. The van der Waals surface area contributed by atoms with Gasteiger partial charge in [-0.3, -0.25) is 9.59 Å². The zero-order chi connectivity index (χ0) is 28.7. The van der Waals surface area contributed by atoms with Crippen molar-refractivity contribution in [2.75, 3.05) is 39.2 Å². The number of methoxy groups -OCH3 is 2. The van der Waals surface area contributed by atoms with Crippen molar-refractivity contribution in [1.82, 2.24) is 9.62 Å². The zero-order valence-corrected chi connectivity index (χ0v) is 23.9. The average Bonchev–Trinajstić information content (AvgIpc) is 2.97. The maximum absolute atomic E-state index is 13.2. The van der Waals surface area contributed by atoms with E-state index in [2.05, 4.69) is 10.6 Å². The topological polar surface area (TPSA) is 114 Å². The number of carbonyl (C=O) groups excluding carboxylic acids is 2. The Morgan fingerprint density at radius 3 is 2.45 bits per heavy atom. The van der Waals surface area contributed by atoms with Gasteiger partial charge in [-0.25, -0.2) is 8.42 Å². The van der Waals surface area contributed by atoms with Gasteiger partial charge in [-0.05, 0) is 73.4 Å². The van der Waals surface area contributed by atoms with Gasteiger partial charge in [0.1, 0.15) is 0 Å². The van der Waals surface area contributed by atoms with E-state index in [0.29, 0.717) is 60.1 Å². The molecule has 0 radical (unpaired) electrons. The van der Waals surface area contributed by atoms with Gasteiger partial charge >= 0.3 is 0 Å². The summed E-state index contributed by atoms with van der Waals surface area (Å²) in [7, 11) is -0.627. The first-order valence-electron chi connectivity index (χ1n) is 12.9. The normalized spacial score (nSPS) is 15.7. The molecule has 0 aromatic heterocycles. The lowest BCUT2D eigenvalue weighted by Crippen LogP contribution is -2.43. The summed E-state index contributed by atoms with van der Waals surface area (Å²) in [5, 5.41) is 6.19. The molecule has 11 heteroatoms. The summed E-state index contributed by atoms with van der Waals surface area (Å²) in [6, 6.07) is 18.3. The third kappa shape index (κ3) is 6.93. The zero-order valence-electron chi connectivity index (χ0n) is 22.4. The Labute approximate surface area is 239 Å². The first-order valence-corrected chi connectivity index (χ1v) is 14.7. The van der Waals surface area contributed by atoms with Gasteiger partial charge in [0.15, 0.2) is 11.5 Å². The van der Waals surface area contributed by atoms with E-state index in [-0.39, 0.29) is 23.3 Å². The molecule has 9 nitrogen and oxygen atoms in total. The van der Waals surface area contributed by atoms with Crippen LogP contribution >= 0.6 is 11.6 Å². The van der Waals surface area contributed by atoms with Crippen LogP contribution in [0, 0.1) is 5.92 Å². The number of sulfonamides is 1. The average molecular weight is 586 g/mol. The van der Waals surface area contributed by atoms with Crippen molar-refractivity contribution in [3.63, 3.8) is 0 Å². The van der Waals surface area contributed by atoms with Gasteiger partial charge < -0.3 is 20.1 Å². The minimum atomic E-state index is -3.77. The van der Waals surface area contributed by atoms with E-state index in [1.165, 1.54) is 28.6 Å². The molecule has 1 aliphatic rings. The first-order chi connectivity index (χ1) is 19.2. The predicted octanol–water partition coefficient (Wildman–Crippen LogP) is 4.37. The van der Waals surface area contributed by atoms with E-state index in [0.717, 1.165) is 5.56 Å². The van der Waals surface area contributed by atoms with Crippen molar-refractivity contribution < 1.29 is 27.5 Å². The van der Waals surface area contributed by atoms with Gasteiger partial charge in [-0.15, -0.1) is 0 Å². The molecule has 0 bridgehead atoms. The van der Waals surface area contributed by atoms with E-state index in [1.807, 2.05) is 18.2 Å². The number of halogens is 1. The molecule has 0 saturated carbocycles. The fourth-order valence-electron chi connectivity index (χ4n) is 4.61. The van der Waals surface area contributed by atoms with Crippen LogP contribution in [-0.4, -0.2) is 58.4 Å². The van der Waals surface area contributed by atoms with Crippen molar-refractivity contribution in [1.29, 1.82) is 0 Å². The summed E-state index contributed by atoms with van der Waals surface area (Å²) < 4.78 is 38.2. The predicted molar refractivity (Wildman–Crippen MR) is 154 cm³/mol. The first kappa shape index (κ1) is 29.4. The number of amides is 2. The molecule has 0 aliphatic carbocycles. The smallest absolute Gasteiger partial charge is 0.253 e. The molecule has 1 saturated heterocycles. The number of hydrogen-bond acceptors (Lipinski definition) is 6. The Kier molecular flexibility index (Phi) is 9.67. The highest BCUT2D eigenvalue weighted by atomic mass is 35.5. The maximum atomic E-state index is 13.2. The number of rotatable bonds is 10. The second-order valence-electron chi connectivity index (χ2n) is 9.39. The maximum Gasteiger partial charge on any atom is 0.253 e. The van der Waals surface area contributed by atoms with Crippen LogP contribution in [0.2, 0.25) is 5.02 Å². The van der Waals surface area contributed by atoms with E-state index in [9.17, 15) is 18.0 Å². The quantitative estimate of drug-likeness (QED) is 0.365. The van der Waals surface area contributed by atoms with Gasteiger partial charge in [-0.1, -0.05) is 29.8 Å². The number of hydrogen-bond donors (Lipinski definition) is 2. The molecular weight excluding hydrogens is 554 g/mol. The van der Waals surface area contributed by atoms with Crippen LogP contribution in [0.3, 0.4) is 0 Å². The number of ether oxygens (including phenoxy) is 2. The Morgan fingerprint density at radius 2 is 1.73 bits per heavy atom. The van der Waals surface area contributed by atoms with E-state index >= 15 is 0 Å².